The SMILES string of the molecule is CNC(=O)c1ccc(C)c(NC(=O)[C@@H](N)C(C)C)c1. The van der Waals surface area contributed by atoms with Crippen LogP contribution in [-0.2, 0) is 4.79 Å². The first-order valence-corrected chi connectivity index (χ1v) is 6.26. The summed E-state index contributed by atoms with van der Waals surface area (Å²) in [5, 5.41) is 5.31. The van der Waals surface area contributed by atoms with Gasteiger partial charge in [0.15, 0.2) is 0 Å². The quantitative estimate of drug-likeness (QED) is 0.765. The van der Waals surface area contributed by atoms with Crippen molar-refractivity contribution in [1.82, 2.24) is 5.32 Å². The molecule has 0 fully saturated rings. The minimum absolute atomic E-state index is 0.0578. The number of anilines is 1. The molecule has 0 heterocycles. The van der Waals surface area contributed by atoms with Crippen molar-refractivity contribution in [2.75, 3.05) is 12.4 Å². The Kier molecular flexibility index (Phi) is 5.06. The van der Waals surface area contributed by atoms with Crippen LogP contribution < -0.4 is 16.4 Å². The third-order valence-electron chi connectivity index (χ3n) is 3.01. The summed E-state index contributed by atoms with van der Waals surface area (Å²) < 4.78 is 0. The lowest BCUT2D eigenvalue weighted by Crippen LogP contribution is -2.39. The van der Waals surface area contributed by atoms with Gasteiger partial charge in [-0.1, -0.05) is 19.9 Å². The Labute approximate surface area is 113 Å². The monoisotopic (exact) mass is 263 g/mol. The predicted octanol–water partition coefficient (Wildman–Crippen LogP) is 1.28. The summed E-state index contributed by atoms with van der Waals surface area (Å²) in [7, 11) is 1.56. The minimum atomic E-state index is -0.567. The predicted molar refractivity (Wildman–Crippen MR) is 76.0 cm³/mol. The van der Waals surface area contributed by atoms with Gasteiger partial charge in [-0.05, 0) is 30.5 Å². The molecule has 5 heteroatoms. The van der Waals surface area contributed by atoms with Crippen LogP contribution in [0.15, 0.2) is 18.2 Å². The molecule has 0 unspecified atom stereocenters. The number of carbonyl (C=O) groups is 2. The highest BCUT2D eigenvalue weighted by Gasteiger charge is 2.18. The molecule has 0 aliphatic heterocycles. The Morgan fingerprint density at radius 2 is 1.89 bits per heavy atom. The molecule has 0 spiro atoms. The third kappa shape index (κ3) is 3.79. The molecule has 0 aliphatic rings. The minimum Gasteiger partial charge on any atom is -0.355 e. The van der Waals surface area contributed by atoms with E-state index in [1.165, 1.54) is 0 Å². The number of rotatable bonds is 4. The van der Waals surface area contributed by atoms with Crippen molar-refractivity contribution < 1.29 is 9.59 Å². The number of amides is 2. The summed E-state index contributed by atoms with van der Waals surface area (Å²) in [6.07, 6.45) is 0. The zero-order valence-electron chi connectivity index (χ0n) is 11.8. The van der Waals surface area contributed by atoms with Gasteiger partial charge in [-0.3, -0.25) is 9.59 Å². The fourth-order valence-corrected chi connectivity index (χ4v) is 1.56. The summed E-state index contributed by atoms with van der Waals surface area (Å²) in [6.45, 7) is 5.64. The maximum Gasteiger partial charge on any atom is 0.251 e. The number of carbonyl (C=O) groups excluding carboxylic acids is 2. The molecule has 104 valence electrons. The lowest BCUT2D eigenvalue weighted by atomic mass is 10.0. The topological polar surface area (TPSA) is 84.2 Å². The van der Waals surface area contributed by atoms with Crippen molar-refractivity contribution in [3.05, 3.63) is 29.3 Å². The summed E-state index contributed by atoms with van der Waals surface area (Å²) in [5.74, 6) is -0.377. The number of hydrogen-bond donors (Lipinski definition) is 3. The second-order valence-corrected chi connectivity index (χ2v) is 4.87. The molecule has 1 rings (SSSR count). The van der Waals surface area contributed by atoms with Crippen LogP contribution in [-0.4, -0.2) is 24.9 Å². The molecule has 2 amide bonds. The Hall–Kier alpha value is -1.88. The van der Waals surface area contributed by atoms with E-state index in [0.29, 0.717) is 11.3 Å². The lowest BCUT2D eigenvalue weighted by molar-refractivity contribution is -0.118. The fraction of sp³-hybridized carbons (Fsp3) is 0.429. The van der Waals surface area contributed by atoms with Crippen molar-refractivity contribution in [3.63, 3.8) is 0 Å². The Bertz CT molecular complexity index is 484. The van der Waals surface area contributed by atoms with Crippen molar-refractivity contribution >= 4 is 17.5 Å². The highest BCUT2D eigenvalue weighted by atomic mass is 16.2. The van der Waals surface area contributed by atoms with Crippen LogP contribution in [0.1, 0.15) is 29.8 Å². The molecular weight excluding hydrogens is 242 g/mol. The standard InChI is InChI=1S/C14H21N3O2/c1-8(2)12(15)14(19)17-11-7-10(13(18)16-4)6-5-9(11)3/h5-8,12H,15H2,1-4H3,(H,16,18)(H,17,19)/t12-/m0/s1. The zero-order valence-corrected chi connectivity index (χ0v) is 11.8. The van der Waals surface area contributed by atoms with Crippen LogP contribution in [0.25, 0.3) is 0 Å². The van der Waals surface area contributed by atoms with Crippen molar-refractivity contribution in [3.8, 4) is 0 Å². The molecule has 1 aromatic rings. The van der Waals surface area contributed by atoms with Crippen molar-refractivity contribution in [2.45, 2.75) is 26.8 Å². The van der Waals surface area contributed by atoms with Gasteiger partial charge in [-0.2, -0.15) is 0 Å². The molecule has 0 bridgehead atoms. The number of hydrogen-bond acceptors (Lipinski definition) is 3. The van der Waals surface area contributed by atoms with Crippen LogP contribution in [0, 0.1) is 12.8 Å². The van der Waals surface area contributed by atoms with Gasteiger partial charge in [0.05, 0.1) is 6.04 Å². The molecule has 19 heavy (non-hydrogen) atoms. The van der Waals surface area contributed by atoms with Crippen LogP contribution >= 0.6 is 0 Å². The largest absolute Gasteiger partial charge is 0.355 e. The highest BCUT2D eigenvalue weighted by molar-refractivity contribution is 5.99. The Morgan fingerprint density at radius 3 is 2.42 bits per heavy atom. The van der Waals surface area contributed by atoms with Crippen molar-refractivity contribution in [2.24, 2.45) is 11.7 Å². The van der Waals surface area contributed by atoms with Gasteiger partial charge in [-0.15, -0.1) is 0 Å². The van der Waals surface area contributed by atoms with E-state index < -0.39 is 6.04 Å². The van der Waals surface area contributed by atoms with Gasteiger partial charge < -0.3 is 16.4 Å². The van der Waals surface area contributed by atoms with E-state index in [1.54, 1.807) is 25.2 Å². The molecule has 1 atom stereocenters. The number of nitrogens with one attached hydrogen (secondary N) is 2. The maximum absolute atomic E-state index is 11.9. The average molecular weight is 263 g/mol. The van der Waals surface area contributed by atoms with E-state index in [1.807, 2.05) is 20.8 Å². The van der Waals surface area contributed by atoms with E-state index in [4.69, 9.17) is 5.73 Å². The van der Waals surface area contributed by atoms with Gasteiger partial charge in [0.1, 0.15) is 0 Å². The molecule has 0 aromatic heterocycles. The summed E-state index contributed by atoms with van der Waals surface area (Å²) >= 11 is 0. The molecule has 0 aliphatic carbocycles. The Balaban J connectivity index is 2.94. The van der Waals surface area contributed by atoms with Crippen LogP contribution in [0.2, 0.25) is 0 Å². The van der Waals surface area contributed by atoms with Crippen LogP contribution in [0.3, 0.4) is 0 Å². The van der Waals surface area contributed by atoms with Gasteiger partial charge in [0.2, 0.25) is 5.91 Å². The van der Waals surface area contributed by atoms with E-state index in [2.05, 4.69) is 10.6 Å². The first-order chi connectivity index (χ1) is 8.86. The Morgan fingerprint density at radius 1 is 1.26 bits per heavy atom. The van der Waals surface area contributed by atoms with Crippen LogP contribution in [0.4, 0.5) is 5.69 Å². The number of nitrogens with two attached hydrogens (primary N) is 1. The van der Waals surface area contributed by atoms with Gasteiger partial charge in [0.25, 0.3) is 5.91 Å². The highest BCUT2D eigenvalue weighted by Crippen LogP contribution is 2.17. The normalized spacial score (nSPS) is 12.1. The summed E-state index contributed by atoms with van der Waals surface area (Å²) in [5.41, 5.74) is 7.79. The van der Waals surface area contributed by atoms with E-state index in [0.717, 1.165) is 5.56 Å². The first-order valence-electron chi connectivity index (χ1n) is 6.26. The third-order valence-corrected chi connectivity index (χ3v) is 3.01. The molecule has 0 saturated carbocycles. The van der Waals surface area contributed by atoms with E-state index >= 15 is 0 Å². The van der Waals surface area contributed by atoms with Crippen LogP contribution in [0.5, 0.6) is 0 Å². The second-order valence-electron chi connectivity index (χ2n) is 4.87. The van der Waals surface area contributed by atoms with Gasteiger partial charge in [-0.25, -0.2) is 0 Å². The lowest BCUT2D eigenvalue weighted by Gasteiger charge is -2.17. The summed E-state index contributed by atoms with van der Waals surface area (Å²) in [4.78, 5) is 23.5. The van der Waals surface area contributed by atoms with Gasteiger partial charge in [0, 0.05) is 18.3 Å². The van der Waals surface area contributed by atoms with E-state index in [9.17, 15) is 9.59 Å². The molecular formula is C14H21N3O2. The van der Waals surface area contributed by atoms with E-state index in [-0.39, 0.29) is 17.7 Å². The molecule has 0 radical (unpaired) electrons. The zero-order chi connectivity index (χ0) is 14.6. The maximum atomic E-state index is 11.9. The molecule has 4 N–H and O–H groups in total. The molecule has 0 saturated heterocycles. The smallest absolute Gasteiger partial charge is 0.251 e. The molecule has 5 nitrogen and oxygen atoms in total. The van der Waals surface area contributed by atoms with Crippen molar-refractivity contribution in [1.29, 1.82) is 0 Å². The second kappa shape index (κ2) is 6.33. The summed E-state index contributed by atoms with van der Waals surface area (Å²) in [6, 6.07) is 4.59. The fourth-order valence-electron chi connectivity index (χ4n) is 1.56. The molecule has 1 aromatic carbocycles. The van der Waals surface area contributed by atoms with Gasteiger partial charge >= 0.3 is 0 Å². The first kappa shape index (κ1) is 15.2. The number of benzene rings is 1. The number of aryl methyl sites for hydroxylation is 1. The average Bonchev–Trinajstić information content (AvgIpc) is 2.39.